The molecule has 1 aromatic heterocycles. The molecule has 2 rings (SSSR count). The molecule has 0 radical (unpaired) electrons. The Balaban J connectivity index is 2.32. The first-order valence-corrected chi connectivity index (χ1v) is 8.67. The number of hydrogen-bond acceptors (Lipinski definition) is 5. The van der Waals surface area contributed by atoms with Crippen molar-refractivity contribution in [2.24, 2.45) is 0 Å². The molecule has 0 saturated carbocycles. The lowest BCUT2D eigenvalue weighted by Gasteiger charge is -2.32. The summed E-state index contributed by atoms with van der Waals surface area (Å²) < 4.78 is 12.3. The molecule has 0 atom stereocenters. The molecule has 0 N–H and O–H groups in total. The van der Waals surface area contributed by atoms with Crippen molar-refractivity contribution < 1.29 is 9.31 Å². The van der Waals surface area contributed by atoms with Gasteiger partial charge in [0.05, 0.1) is 16.8 Å². The summed E-state index contributed by atoms with van der Waals surface area (Å²) in [6, 6.07) is 0. The number of hydrogen-bond donors (Lipinski definition) is 0. The molecule has 21 heavy (non-hydrogen) atoms. The molecule has 118 valence electrons. The fourth-order valence-electron chi connectivity index (χ4n) is 2.37. The molecular weight excluding hydrogens is 283 g/mol. The fourth-order valence-corrected chi connectivity index (χ4v) is 3.51. The van der Waals surface area contributed by atoms with E-state index in [9.17, 15) is 0 Å². The summed E-state index contributed by atoms with van der Waals surface area (Å²) in [5, 5.41) is 1.07. The second kappa shape index (κ2) is 5.90. The van der Waals surface area contributed by atoms with Gasteiger partial charge in [0.15, 0.2) is 5.13 Å². The van der Waals surface area contributed by atoms with Gasteiger partial charge in [-0.1, -0.05) is 6.92 Å². The summed E-state index contributed by atoms with van der Waals surface area (Å²) in [4.78, 5) is 8.37. The van der Waals surface area contributed by atoms with E-state index in [1.54, 1.807) is 11.3 Å². The number of aromatic nitrogens is 1. The third-order valence-corrected chi connectivity index (χ3v) is 5.82. The van der Waals surface area contributed by atoms with Crippen molar-refractivity contribution in [3.8, 4) is 0 Å². The highest BCUT2D eigenvalue weighted by Gasteiger charge is 2.53. The van der Waals surface area contributed by atoms with Crippen molar-refractivity contribution in [3.05, 3.63) is 4.88 Å². The van der Waals surface area contributed by atoms with E-state index in [-0.39, 0.29) is 18.3 Å². The zero-order valence-corrected chi connectivity index (χ0v) is 15.1. The molecule has 4 nitrogen and oxygen atoms in total. The Labute approximate surface area is 133 Å². The van der Waals surface area contributed by atoms with Gasteiger partial charge in [-0.25, -0.2) is 4.98 Å². The van der Waals surface area contributed by atoms with E-state index in [1.165, 1.54) is 4.88 Å². The van der Waals surface area contributed by atoms with Crippen LogP contribution in [0.5, 0.6) is 0 Å². The van der Waals surface area contributed by atoms with E-state index in [0.717, 1.165) is 30.2 Å². The zero-order chi connectivity index (χ0) is 15.8. The quantitative estimate of drug-likeness (QED) is 0.783. The highest BCUT2D eigenvalue weighted by molar-refractivity contribution is 7.16. The van der Waals surface area contributed by atoms with Gasteiger partial charge in [-0.3, -0.25) is 0 Å². The van der Waals surface area contributed by atoms with Crippen LogP contribution in [0.15, 0.2) is 0 Å². The van der Waals surface area contributed by atoms with Crippen molar-refractivity contribution in [2.75, 3.05) is 18.0 Å². The van der Waals surface area contributed by atoms with Crippen LogP contribution in [0.3, 0.4) is 0 Å². The third-order valence-electron chi connectivity index (χ3n) is 4.55. The van der Waals surface area contributed by atoms with Crippen LogP contribution in [0.4, 0.5) is 5.13 Å². The van der Waals surface area contributed by atoms with Crippen molar-refractivity contribution in [2.45, 2.75) is 66.1 Å². The van der Waals surface area contributed by atoms with Gasteiger partial charge in [0.1, 0.15) is 0 Å². The van der Waals surface area contributed by atoms with E-state index in [0.29, 0.717) is 0 Å². The first kappa shape index (κ1) is 16.8. The molecule has 1 fully saturated rings. The average Bonchev–Trinajstić information content (AvgIpc) is 2.91. The fraction of sp³-hybridized carbons (Fsp3) is 0.800. The predicted octanol–water partition coefficient (Wildman–Crippen LogP) is 2.85. The van der Waals surface area contributed by atoms with Crippen LogP contribution in [0.2, 0.25) is 0 Å². The highest BCUT2D eigenvalue weighted by atomic mass is 32.1. The molecule has 0 amide bonds. The summed E-state index contributed by atoms with van der Waals surface area (Å²) in [7, 11) is -0.356. The highest BCUT2D eigenvalue weighted by Crippen LogP contribution is 2.37. The second-order valence-electron chi connectivity index (χ2n) is 6.42. The maximum Gasteiger partial charge on any atom is 0.515 e. The van der Waals surface area contributed by atoms with Crippen molar-refractivity contribution >= 4 is 29.2 Å². The Morgan fingerprint density at radius 3 is 2.00 bits per heavy atom. The number of anilines is 1. The molecule has 2 heterocycles. The van der Waals surface area contributed by atoms with Gasteiger partial charge in [0, 0.05) is 18.0 Å². The number of thiazole rings is 1. The van der Waals surface area contributed by atoms with Crippen molar-refractivity contribution in [3.63, 3.8) is 0 Å². The van der Waals surface area contributed by atoms with Gasteiger partial charge in [0.2, 0.25) is 0 Å². The second-order valence-corrected chi connectivity index (χ2v) is 7.48. The van der Waals surface area contributed by atoms with Crippen LogP contribution in [-0.2, 0) is 15.7 Å². The van der Waals surface area contributed by atoms with Crippen LogP contribution in [0, 0.1) is 0 Å². The maximum absolute atomic E-state index is 6.16. The molecule has 0 aliphatic carbocycles. The molecule has 1 aliphatic rings. The first-order valence-electron chi connectivity index (χ1n) is 7.85. The topological polar surface area (TPSA) is 34.6 Å². The van der Waals surface area contributed by atoms with Crippen molar-refractivity contribution in [1.29, 1.82) is 0 Å². The van der Waals surface area contributed by atoms with Gasteiger partial charge in [-0.05, 0) is 48.0 Å². The normalized spacial score (nSPS) is 20.0. The Bertz CT molecular complexity index is 482. The molecule has 0 unspecified atom stereocenters. The lowest BCUT2D eigenvalue weighted by atomic mass is 9.83. The summed E-state index contributed by atoms with van der Waals surface area (Å²) in [6.45, 7) is 16.7. The van der Waals surface area contributed by atoms with E-state index >= 15 is 0 Å². The molecular formula is C15H27BN2O2S. The van der Waals surface area contributed by atoms with Crippen LogP contribution in [0.25, 0.3) is 0 Å². The summed E-state index contributed by atoms with van der Waals surface area (Å²) >= 11 is 1.76. The van der Waals surface area contributed by atoms with Crippen molar-refractivity contribution in [1.82, 2.24) is 4.98 Å². The lowest BCUT2D eigenvalue weighted by molar-refractivity contribution is 0.00578. The van der Waals surface area contributed by atoms with Gasteiger partial charge in [-0.15, -0.1) is 11.3 Å². The number of rotatable bonds is 5. The molecule has 1 saturated heterocycles. The molecule has 6 heteroatoms. The zero-order valence-electron chi connectivity index (χ0n) is 14.3. The van der Waals surface area contributed by atoms with Crippen LogP contribution < -0.4 is 10.5 Å². The van der Waals surface area contributed by atoms with Crippen LogP contribution >= 0.6 is 11.3 Å². The van der Waals surface area contributed by atoms with Crippen LogP contribution in [-0.4, -0.2) is 36.4 Å². The summed E-state index contributed by atoms with van der Waals surface area (Å²) in [6.07, 6.45) is 0.957. The molecule has 1 aromatic rings. The largest absolute Gasteiger partial charge is 0.515 e. The first-order chi connectivity index (χ1) is 9.75. The van der Waals surface area contributed by atoms with Crippen LogP contribution in [0.1, 0.15) is 53.3 Å². The number of aryl methyl sites for hydroxylation is 1. The SMILES string of the molecule is CCc1sc(N(CC)CC)nc1B1OC(C)(C)C(C)(C)O1. The minimum atomic E-state index is -0.356. The van der Waals surface area contributed by atoms with E-state index in [4.69, 9.17) is 14.3 Å². The summed E-state index contributed by atoms with van der Waals surface area (Å²) in [5.41, 5.74) is 0.326. The standard InChI is InChI=1S/C15H27BN2O2S/c1-8-11-12(17-13(21-11)18(9-2)10-3)16-19-14(4,5)15(6,7)20-16/h8-10H2,1-7H3. The van der Waals surface area contributed by atoms with Gasteiger partial charge < -0.3 is 14.2 Å². The Morgan fingerprint density at radius 2 is 1.57 bits per heavy atom. The van der Waals surface area contributed by atoms with Gasteiger partial charge >= 0.3 is 7.12 Å². The molecule has 0 aromatic carbocycles. The van der Waals surface area contributed by atoms with E-state index in [2.05, 4.69) is 53.4 Å². The monoisotopic (exact) mass is 310 g/mol. The third kappa shape index (κ3) is 2.98. The Kier molecular flexibility index (Phi) is 4.71. The smallest absolute Gasteiger partial charge is 0.398 e. The maximum atomic E-state index is 6.16. The Hall–Kier alpha value is -0.585. The molecule has 1 aliphatic heterocycles. The minimum Gasteiger partial charge on any atom is -0.398 e. The molecule has 0 bridgehead atoms. The number of nitrogens with zero attached hydrogens (tertiary/aromatic N) is 2. The Morgan fingerprint density at radius 1 is 1.05 bits per heavy atom. The summed E-state index contributed by atoms with van der Waals surface area (Å²) in [5.74, 6) is 0. The van der Waals surface area contributed by atoms with E-state index < -0.39 is 0 Å². The van der Waals surface area contributed by atoms with E-state index in [1.807, 2.05) is 0 Å². The lowest BCUT2D eigenvalue weighted by Crippen LogP contribution is -2.41. The minimum absolute atomic E-state index is 0.318. The molecule has 0 spiro atoms. The van der Waals surface area contributed by atoms with Gasteiger partial charge in [0.25, 0.3) is 0 Å². The predicted molar refractivity (Wildman–Crippen MR) is 90.8 cm³/mol. The van der Waals surface area contributed by atoms with Gasteiger partial charge in [-0.2, -0.15) is 0 Å². The average molecular weight is 310 g/mol.